The molecule has 1 rings (SSSR count). The summed E-state index contributed by atoms with van der Waals surface area (Å²) in [5.41, 5.74) is 0. The van der Waals surface area contributed by atoms with Crippen LogP contribution in [-0.2, 0) is 0 Å². The van der Waals surface area contributed by atoms with Gasteiger partial charge in [-0.25, -0.2) is 0 Å². The number of nitrogens with one attached hydrogen (secondary N) is 2. The summed E-state index contributed by atoms with van der Waals surface area (Å²) in [6.07, 6.45) is 1.14. The summed E-state index contributed by atoms with van der Waals surface area (Å²) in [6.45, 7) is 2.19. The van der Waals surface area contributed by atoms with Crippen LogP contribution in [0.3, 0.4) is 0 Å². The van der Waals surface area contributed by atoms with Crippen molar-refractivity contribution in [1.82, 2.24) is 10.6 Å². The summed E-state index contributed by atoms with van der Waals surface area (Å²) in [4.78, 5) is 0. The molecule has 0 saturated carbocycles. The molecule has 1 fully saturated rings. The third-order valence-electron chi connectivity index (χ3n) is 1.44. The lowest BCUT2D eigenvalue weighted by Gasteiger charge is -2.05. The molecule has 0 aromatic carbocycles. The zero-order valence-electron chi connectivity index (χ0n) is 4.85. The van der Waals surface area contributed by atoms with Crippen molar-refractivity contribution >= 4 is 0 Å². The lowest BCUT2D eigenvalue weighted by atomic mass is 10.3. The molecular weight excluding hydrogens is 104 g/mol. The van der Waals surface area contributed by atoms with E-state index in [2.05, 4.69) is 10.6 Å². The van der Waals surface area contributed by atoms with E-state index in [1.807, 2.05) is 0 Å². The highest BCUT2D eigenvalue weighted by Gasteiger charge is 2.11. The molecule has 0 unspecified atom stereocenters. The van der Waals surface area contributed by atoms with Gasteiger partial charge in [0.25, 0.3) is 0 Å². The summed E-state index contributed by atoms with van der Waals surface area (Å²) in [6, 6.07) is 0.500. The van der Waals surface area contributed by atoms with Gasteiger partial charge in [0.05, 0.1) is 6.73 Å². The van der Waals surface area contributed by atoms with Gasteiger partial charge in [-0.2, -0.15) is 0 Å². The molecule has 0 spiro atoms. The van der Waals surface area contributed by atoms with Crippen LogP contribution in [0, 0.1) is 0 Å². The predicted octanol–water partition coefficient (Wildman–Crippen LogP) is -1.11. The highest BCUT2D eigenvalue weighted by molar-refractivity contribution is 4.75. The van der Waals surface area contributed by atoms with Crippen LogP contribution >= 0.6 is 0 Å². The van der Waals surface area contributed by atoms with Gasteiger partial charge in [-0.15, -0.1) is 0 Å². The highest BCUT2D eigenvalue weighted by Crippen LogP contribution is 1.94. The molecule has 3 heteroatoms. The summed E-state index contributed by atoms with van der Waals surface area (Å²) in [5.74, 6) is 0. The van der Waals surface area contributed by atoms with Gasteiger partial charge in [-0.3, -0.25) is 5.32 Å². The van der Waals surface area contributed by atoms with Crippen LogP contribution in [-0.4, -0.2) is 31.0 Å². The molecule has 8 heavy (non-hydrogen) atoms. The third kappa shape index (κ3) is 1.43. The van der Waals surface area contributed by atoms with Gasteiger partial charge in [0, 0.05) is 12.6 Å². The topological polar surface area (TPSA) is 44.3 Å². The molecular formula is C5H12N2O. The third-order valence-corrected chi connectivity index (χ3v) is 1.44. The van der Waals surface area contributed by atoms with Crippen molar-refractivity contribution in [1.29, 1.82) is 0 Å². The molecule has 0 bridgehead atoms. The first-order chi connectivity index (χ1) is 3.93. The van der Waals surface area contributed by atoms with Crippen LogP contribution in [0.1, 0.15) is 6.42 Å². The van der Waals surface area contributed by atoms with Crippen molar-refractivity contribution in [2.45, 2.75) is 12.5 Å². The van der Waals surface area contributed by atoms with Crippen molar-refractivity contribution < 1.29 is 5.11 Å². The fourth-order valence-electron chi connectivity index (χ4n) is 0.958. The maximum Gasteiger partial charge on any atom is 0.0934 e. The minimum Gasteiger partial charge on any atom is -0.381 e. The van der Waals surface area contributed by atoms with E-state index in [-0.39, 0.29) is 6.73 Å². The Morgan fingerprint density at radius 3 is 3.12 bits per heavy atom. The Balaban J connectivity index is 2.06. The second kappa shape index (κ2) is 3.02. The standard InChI is InChI=1S/C5H12N2O/c8-4-7-5-1-2-6-3-5/h5-8H,1-4H2/t5-/m0/s1. The Morgan fingerprint density at radius 2 is 2.62 bits per heavy atom. The molecule has 1 atom stereocenters. The van der Waals surface area contributed by atoms with Crippen LogP contribution in [0.4, 0.5) is 0 Å². The zero-order valence-corrected chi connectivity index (χ0v) is 4.85. The maximum absolute atomic E-state index is 8.39. The van der Waals surface area contributed by atoms with E-state index in [0.717, 1.165) is 19.5 Å². The van der Waals surface area contributed by atoms with Gasteiger partial charge in [0.2, 0.25) is 0 Å². The zero-order chi connectivity index (χ0) is 5.82. The lowest BCUT2D eigenvalue weighted by Crippen LogP contribution is -2.31. The van der Waals surface area contributed by atoms with Gasteiger partial charge in [0.15, 0.2) is 0 Å². The monoisotopic (exact) mass is 116 g/mol. The second-order valence-electron chi connectivity index (χ2n) is 2.05. The summed E-state index contributed by atoms with van der Waals surface area (Å²) >= 11 is 0. The van der Waals surface area contributed by atoms with Crippen LogP contribution < -0.4 is 10.6 Å². The first kappa shape index (κ1) is 6.01. The van der Waals surface area contributed by atoms with Crippen molar-refractivity contribution in [3.05, 3.63) is 0 Å². The normalized spacial score (nSPS) is 28.9. The molecule has 0 aromatic heterocycles. The average Bonchev–Trinajstić information content (AvgIpc) is 2.19. The van der Waals surface area contributed by atoms with Crippen LogP contribution in [0.25, 0.3) is 0 Å². The molecule has 1 heterocycles. The Hall–Kier alpha value is -0.120. The van der Waals surface area contributed by atoms with Gasteiger partial charge in [0.1, 0.15) is 0 Å². The molecule has 0 aliphatic carbocycles. The summed E-state index contributed by atoms with van der Waals surface area (Å²) < 4.78 is 0. The second-order valence-corrected chi connectivity index (χ2v) is 2.05. The quantitative estimate of drug-likeness (QED) is 0.401. The average molecular weight is 116 g/mol. The SMILES string of the molecule is OCN[C@H]1CCNC1. The van der Waals surface area contributed by atoms with E-state index in [1.54, 1.807) is 0 Å². The first-order valence-electron chi connectivity index (χ1n) is 2.98. The summed E-state index contributed by atoms with van der Waals surface area (Å²) in [5, 5.41) is 14.5. The maximum atomic E-state index is 8.39. The number of aliphatic hydroxyl groups is 1. The summed E-state index contributed by atoms with van der Waals surface area (Å²) in [7, 11) is 0. The Kier molecular flexibility index (Phi) is 2.27. The van der Waals surface area contributed by atoms with Crippen molar-refractivity contribution in [2.75, 3.05) is 19.8 Å². The minimum atomic E-state index is 0.104. The Morgan fingerprint density at radius 1 is 1.75 bits per heavy atom. The molecule has 0 aromatic rings. The fourth-order valence-corrected chi connectivity index (χ4v) is 0.958. The first-order valence-corrected chi connectivity index (χ1v) is 2.98. The molecule has 1 aliphatic heterocycles. The highest BCUT2D eigenvalue weighted by atomic mass is 16.3. The number of rotatable bonds is 2. The molecule has 3 nitrogen and oxygen atoms in total. The number of aliphatic hydroxyl groups excluding tert-OH is 1. The molecule has 48 valence electrons. The van der Waals surface area contributed by atoms with Crippen LogP contribution in [0.2, 0.25) is 0 Å². The van der Waals surface area contributed by atoms with Crippen LogP contribution in [0.15, 0.2) is 0 Å². The van der Waals surface area contributed by atoms with E-state index < -0.39 is 0 Å². The van der Waals surface area contributed by atoms with Gasteiger partial charge in [-0.1, -0.05) is 0 Å². The Bertz CT molecular complexity index is 61.4. The van der Waals surface area contributed by atoms with Crippen molar-refractivity contribution in [3.8, 4) is 0 Å². The van der Waals surface area contributed by atoms with E-state index in [9.17, 15) is 0 Å². The van der Waals surface area contributed by atoms with E-state index >= 15 is 0 Å². The number of hydrogen-bond acceptors (Lipinski definition) is 3. The van der Waals surface area contributed by atoms with Gasteiger partial charge < -0.3 is 10.4 Å². The lowest BCUT2D eigenvalue weighted by molar-refractivity contribution is 0.244. The smallest absolute Gasteiger partial charge is 0.0934 e. The van der Waals surface area contributed by atoms with Crippen LogP contribution in [0.5, 0.6) is 0 Å². The predicted molar refractivity (Wildman–Crippen MR) is 31.5 cm³/mol. The largest absolute Gasteiger partial charge is 0.381 e. The fraction of sp³-hybridized carbons (Fsp3) is 1.00. The van der Waals surface area contributed by atoms with Crippen molar-refractivity contribution in [3.63, 3.8) is 0 Å². The minimum absolute atomic E-state index is 0.104. The molecule has 0 amide bonds. The number of hydrogen-bond donors (Lipinski definition) is 3. The molecule has 1 aliphatic rings. The van der Waals surface area contributed by atoms with Crippen molar-refractivity contribution in [2.24, 2.45) is 0 Å². The molecule has 0 radical (unpaired) electrons. The Labute approximate surface area is 49.1 Å². The molecule has 3 N–H and O–H groups in total. The van der Waals surface area contributed by atoms with E-state index in [1.165, 1.54) is 0 Å². The van der Waals surface area contributed by atoms with Gasteiger partial charge in [-0.05, 0) is 13.0 Å². The van der Waals surface area contributed by atoms with E-state index in [4.69, 9.17) is 5.11 Å². The van der Waals surface area contributed by atoms with Gasteiger partial charge >= 0.3 is 0 Å². The van der Waals surface area contributed by atoms with E-state index in [0.29, 0.717) is 6.04 Å². The molecule has 1 saturated heterocycles.